The van der Waals surface area contributed by atoms with Gasteiger partial charge in [-0.3, -0.25) is 0 Å². The molecule has 4 aliphatic rings. The van der Waals surface area contributed by atoms with Crippen molar-refractivity contribution in [1.82, 2.24) is 0 Å². The highest BCUT2D eigenvalue weighted by Gasteiger charge is 2.58. The van der Waals surface area contributed by atoms with Crippen LogP contribution in [0, 0.1) is 35.0 Å². The molecule has 0 aromatic rings. The van der Waals surface area contributed by atoms with Gasteiger partial charge in [-0.1, -0.05) is 31.9 Å². The van der Waals surface area contributed by atoms with Gasteiger partial charge in [0.25, 0.3) is 0 Å². The number of hydrogen-bond donors (Lipinski definition) is 2. The maximum Gasteiger partial charge on any atom is 0.0596 e. The van der Waals surface area contributed by atoms with Gasteiger partial charge in [-0.05, 0) is 80.0 Å². The second-order valence-corrected chi connectivity index (χ2v) is 9.20. The molecule has 8 atom stereocenters. The van der Waals surface area contributed by atoms with E-state index >= 15 is 0 Å². The first-order chi connectivity index (χ1) is 10.4. The van der Waals surface area contributed by atoms with Crippen LogP contribution in [0.2, 0.25) is 0 Å². The lowest BCUT2D eigenvalue weighted by atomic mass is 9.49. The molecule has 0 heterocycles. The lowest BCUT2D eigenvalue weighted by Gasteiger charge is -2.56. The van der Waals surface area contributed by atoms with E-state index in [0.29, 0.717) is 17.8 Å². The van der Waals surface area contributed by atoms with Crippen LogP contribution in [-0.2, 0) is 0 Å². The molecule has 2 saturated carbocycles. The number of aliphatic hydroxyl groups excluding tert-OH is 2. The molecule has 0 bridgehead atoms. The highest BCUT2D eigenvalue weighted by molar-refractivity contribution is 5.29. The van der Waals surface area contributed by atoms with E-state index in [-0.39, 0.29) is 17.6 Å². The summed E-state index contributed by atoms with van der Waals surface area (Å²) in [4.78, 5) is 0. The first-order valence-electron chi connectivity index (χ1n) is 9.48. The Hall–Kier alpha value is -0.340. The van der Waals surface area contributed by atoms with E-state index in [4.69, 9.17) is 0 Å². The molecule has 2 fully saturated rings. The third-order valence-corrected chi connectivity index (χ3v) is 7.92. The molecule has 8 unspecified atom stereocenters. The zero-order valence-corrected chi connectivity index (χ0v) is 14.4. The summed E-state index contributed by atoms with van der Waals surface area (Å²) in [5.41, 5.74) is 3.48. The van der Waals surface area contributed by atoms with Gasteiger partial charge in [-0.2, -0.15) is 0 Å². The Labute approximate surface area is 135 Å². The molecule has 0 aromatic carbocycles. The van der Waals surface area contributed by atoms with Crippen LogP contribution in [-0.4, -0.2) is 22.4 Å². The Kier molecular flexibility index (Phi) is 3.51. The summed E-state index contributed by atoms with van der Waals surface area (Å²) in [6, 6.07) is 0. The average molecular weight is 304 g/mol. The van der Waals surface area contributed by atoms with Crippen LogP contribution in [0.15, 0.2) is 11.1 Å². The molecule has 22 heavy (non-hydrogen) atoms. The predicted octanol–water partition coefficient (Wildman–Crippen LogP) is 3.92. The van der Waals surface area contributed by atoms with E-state index < -0.39 is 0 Å². The number of aliphatic hydroxyl groups is 2. The minimum atomic E-state index is -0.0973. The SMILES string of the molecule is CC1CC2(C)C(O)CCC2C2C(C)CC3=C(CCC(O)C3)C12. The quantitative estimate of drug-likeness (QED) is 0.666. The third kappa shape index (κ3) is 1.99. The van der Waals surface area contributed by atoms with Crippen LogP contribution < -0.4 is 0 Å². The molecule has 0 saturated heterocycles. The average Bonchev–Trinajstić information content (AvgIpc) is 2.74. The van der Waals surface area contributed by atoms with Crippen molar-refractivity contribution in [2.24, 2.45) is 35.0 Å². The normalized spacial score (nSPS) is 54.7. The zero-order chi connectivity index (χ0) is 15.6. The minimum absolute atomic E-state index is 0.0864. The molecule has 2 heteroatoms. The number of rotatable bonds is 0. The number of fused-ring (bicyclic) bond motifs is 4. The van der Waals surface area contributed by atoms with Gasteiger partial charge in [0, 0.05) is 0 Å². The standard InChI is InChI=1S/C20H32O2/c1-11-8-13-9-14(21)4-5-15(13)18-12(2)10-20(3)16(19(11)18)6-7-17(20)22/h11-12,14,16-19,21-22H,4-10H2,1-3H3. The van der Waals surface area contributed by atoms with Crippen molar-refractivity contribution in [3.05, 3.63) is 11.1 Å². The van der Waals surface area contributed by atoms with Crippen molar-refractivity contribution in [3.8, 4) is 0 Å². The highest BCUT2D eigenvalue weighted by Crippen LogP contribution is 2.63. The smallest absolute Gasteiger partial charge is 0.0596 e. The molecule has 0 spiro atoms. The van der Waals surface area contributed by atoms with E-state index in [1.807, 2.05) is 0 Å². The summed E-state index contributed by atoms with van der Waals surface area (Å²) in [7, 11) is 0. The summed E-state index contributed by atoms with van der Waals surface area (Å²) in [6.45, 7) is 7.23. The molecule has 2 N–H and O–H groups in total. The third-order valence-electron chi connectivity index (χ3n) is 7.92. The van der Waals surface area contributed by atoms with Gasteiger partial charge in [0.2, 0.25) is 0 Å². The molecule has 2 nitrogen and oxygen atoms in total. The second kappa shape index (κ2) is 5.08. The van der Waals surface area contributed by atoms with Gasteiger partial charge in [0.05, 0.1) is 12.2 Å². The van der Waals surface area contributed by atoms with Crippen LogP contribution in [0.3, 0.4) is 0 Å². The van der Waals surface area contributed by atoms with Crippen molar-refractivity contribution < 1.29 is 10.2 Å². The van der Waals surface area contributed by atoms with Crippen molar-refractivity contribution in [1.29, 1.82) is 0 Å². The fraction of sp³-hybridized carbons (Fsp3) is 0.900. The first kappa shape index (κ1) is 15.2. The highest BCUT2D eigenvalue weighted by atomic mass is 16.3. The molecule has 4 rings (SSSR count). The Bertz CT molecular complexity index is 496. The predicted molar refractivity (Wildman–Crippen MR) is 88.3 cm³/mol. The van der Waals surface area contributed by atoms with Crippen molar-refractivity contribution >= 4 is 0 Å². The van der Waals surface area contributed by atoms with Crippen LogP contribution in [0.25, 0.3) is 0 Å². The molecule has 0 aromatic heterocycles. The second-order valence-electron chi connectivity index (χ2n) is 9.20. The fourth-order valence-corrected chi connectivity index (χ4v) is 7.10. The summed E-state index contributed by atoms with van der Waals surface area (Å²) in [6.07, 6.45) is 7.45. The molecular weight excluding hydrogens is 272 g/mol. The van der Waals surface area contributed by atoms with E-state index in [1.165, 1.54) is 19.3 Å². The molecule has 0 radical (unpaired) electrons. The Balaban J connectivity index is 1.74. The van der Waals surface area contributed by atoms with Crippen LogP contribution >= 0.6 is 0 Å². The van der Waals surface area contributed by atoms with E-state index in [9.17, 15) is 10.2 Å². The van der Waals surface area contributed by atoms with Crippen LogP contribution in [0.4, 0.5) is 0 Å². The zero-order valence-electron chi connectivity index (χ0n) is 14.4. The Morgan fingerprint density at radius 1 is 1.00 bits per heavy atom. The van der Waals surface area contributed by atoms with Crippen molar-refractivity contribution in [2.45, 2.75) is 77.9 Å². The van der Waals surface area contributed by atoms with E-state index in [2.05, 4.69) is 20.8 Å². The largest absolute Gasteiger partial charge is 0.393 e. The fourth-order valence-electron chi connectivity index (χ4n) is 7.10. The monoisotopic (exact) mass is 304 g/mol. The topological polar surface area (TPSA) is 40.5 Å². The summed E-state index contributed by atoms with van der Waals surface area (Å²) in [5.74, 6) is 3.60. The lowest BCUT2D eigenvalue weighted by Crippen LogP contribution is -2.51. The number of allylic oxidation sites excluding steroid dienone is 1. The first-order valence-corrected chi connectivity index (χ1v) is 9.48. The summed E-state index contributed by atoms with van der Waals surface area (Å²) < 4.78 is 0. The number of hydrogen-bond acceptors (Lipinski definition) is 2. The maximum absolute atomic E-state index is 10.6. The van der Waals surface area contributed by atoms with Gasteiger partial charge in [-0.25, -0.2) is 0 Å². The Morgan fingerprint density at radius 2 is 1.77 bits per heavy atom. The van der Waals surface area contributed by atoms with Crippen LogP contribution in [0.1, 0.15) is 65.7 Å². The van der Waals surface area contributed by atoms with Crippen molar-refractivity contribution in [2.75, 3.05) is 0 Å². The molecule has 124 valence electrons. The van der Waals surface area contributed by atoms with E-state index in [1.54, 1.807) is 11.1 Å². The molecule has 0 aliphatic heterocycles. The van der Waals surface area contributed by atoms with Gasteiger partial charge in [-0.15, -0.1) is 0 Å². The molecule has 0 amide bonds. The van der Waals surface area contributed by atoms with E-state index in [0.717, 1.165) is 37.5 Å². The molecular formula is C20H32O2. The minimum Gasteiger partial charge on any atom is -0.393 e. The van der Waals surface area contributed by atoms with Gasteiger partial charge < -0.3 is 10.2 Å². The lowest BCUT2D eigenvalue weighted by molar-refractivity contribution is -0.0710. The van der Waals surface area contributed by atoms with Crippen LogP contribution in [0.5, 0.6) is 0 Å². The molecule has 4 aliphatic carbocycles. The van der Waals surface area contributed by atoms with Gasteiger partial charge in [0.15, 0.2) is 0 Å². The van der Waals surface area contributed by atoms with Crippen molar-refractivity contribution in [3.63, 3.8) is 0 Å². The van der Waals surface area contributed by atoms with Gasteiger partial charge in [0.1, 0.15) is 0 Å². The summed E-state index contributed by atoms with van der Waals surface area (Å²) in [5, 5.41) is 20.7. The Morgan fingerprint density at radius 3 is 2.55 bits per heavy atom. The van der Waals surface area contributed by atoms with Gasteiger partial charge >= 0.3 is 0 Å². The summed E-state index contributed by atoms with van der Waals surface area (Å²) >= 11 is 0. The maximum atomic E-state index is 10.6.